The van der Waals surface area contributed by atoms with Crippen molar-refractivity contribution < 1.29 is 5.11 Å². The molecule has 1 unspecified atom stereocenters. The third kappa shape index (κ3) is 3.25. The molecule has 0 saturated heterocycles. The van der Waals surface area contributed by atoms with Crippen LogP contribution in [0.1, 0.15) is 44.3 Å². The molecule has 106 valence electrons. The summed E-state index contributed by atoms with van der Waals surface area (Å²) in [5.41, 5.74) is 2.22. The van der Waals surface area contributed by atoms with Gasteiger partial charge in [-0.25, -0.2) is 0 Å². The minimum Gasteiger partial charge on any atom is -0.395 e. The molecule has 19 heavy (non-hydrogen) atoms. The highest BCUT2D eigenvalue weighted by molar-refractivity contribution is 5.46. The van der Waals surface area contributed by atoms with Gasteiger partial charge in [-0.15, -0.1) is 0 Å². The number of pyridine rings is 1. The zero-order chi connectivity index (χ0) is 13.7. The number of hydrogen-bond acceptors (Lipinski definition) is 4. The lowest BCUT2D eigenvalue weighted by atomic mass is 9.91. The van der Waals surface area contributed by atoms with E-state index in [4.69, 9.17) is 0 Å². The van der Waals surface area contributed by atoms with Gasteiger partial charge in [0.2, 0.25) is 0 Å². The maximum atomic E-state index is 9.21. The minimum atomic E-state index is 0.201. The number of aliphatic hydroxyl groups excluding tert-OH is 1. The normalized spacial score (nSPS) is 17.0. The Bertz CT molecular complexity index is 371. The smallest absolute Gasteiger partial charge is 0.0606 e. The van der Waals surface area contributed by atoms with E-state index in [9.17, 15) is 5.11 Å². The van der Waals surface area contributed by atoms with Gasteiger partial charge in [-0.05, 0) is 44.9 Å². The fraction of sp³-hybridized carbons (Fsp3) is 0.667. The second-order valence-electron chi connectivity index (χ2n) is 5.19. The summed E-state index contributed by atoms with van der Waals surface area (Å²) in [5, 5.41) is 12.5. The lowest BCUT2D eigenvalue weighted by molar-refractivity contribution is 0.283. The van der Waals surface area contributed by atoms with Crippen molar-refractivity contribution in [2.24, 2.45) is 0 Å². The molecule has 1 heterocycles. The molecular weight excluding hydrogens is 238 g/mol. The van der Waals surface area contributed by atoms with Crippen LogP contribution >= 0.6 is 0 Å². The number of nitrogens with zero attached hydrogens (tertiary/aromatic N) is 2. The molecule has 0 spiro atoms. The first-order chi connectivity index (χ1) is 9.30. The number of nitrogens with one attached hydrogen (secondary N) is 1. The summed E-state index contributed by atoms with van der Waals surface area (Å²) in [6, 6.07) is 5.15. The molecule has 1 aliphatic rings. The summed E-state index contributed by atoms with van der Waals surface area (Å²) in [7, 11) is 1.97. The van der Waals surface area contributed by atoms with Crippen LogP contribution in [-0.2, 0) is 0 Å². The summed E-state index contributed by atoms with van der Waals surface area (Å²) in [4.78, 5) is 6.87. The summed E-state index contributed by atoms with van der Waals surface area (Å²) in [6.45, 7) is 3.06. The van der Waals surface area contributed by atoms with Crippen molar-refractivity contribution in [2.75, 3.05) is 25.1 Å². The molecule has 1 fully saturated rings. The van der Waals surface area contributed by atoms with Crippen LogP contribution in [0.5, 0.6) is 0 Å². The molecule has 0 aromatic carbocycles. The Morgan fingerprint density at radius 1 is 1.47 bits per heavy atom. The average Bonchev–Trinajstić information content (AvgIpc) is 2.38. The van der Waals surface area contributed by atoms with Crippen molar-refractivity contribution in [2.45, 2.75) is 44.7 Å². The molecule has 0 amide bonds. The first-order valence-corrected chi connectivity index (χ1v) is 7.30. The molecule has 4 heteroatoms. The maximum absolute atomic E-state index is 9.21. The Balaban J connectivity index is 2.10. The standard InChI is InChI=1S/C15H25N3O/c1-3-14(16-2)15-8-7-13(11-17-15)18(9-10-19)12-5-4-6-12/h7-8,11-12,14,16,19H,3-6,9-10H2,1-2H3. The van der Waals surface area contributed by atoms with Gasteiger partial charge in [0.25, 0.3) is 0 Å². The van der Waals surface area contributed by atoms with Crippen LogP contribution in [0, 0.1) is 0 Å². The minimum absolute atomic E-state index is 0.201. The van der Waals surface area contributed by atoms with Gasteiger partial charge in [0, 0.05) is 18.6 Å². The number of hydrogen-bond donors (Lipinski definition) is 2. The SMILES string of the molecule is CCC(NC)c1ccc(N(CCO)C2CCC2)cn1. The first kappa shape index (κ1) is 14.3. The van der Waals surface area contributed by atoms with E-state index < -0.39 is 0 Å². The first-order valence-electron chi connectivity index (χ1n) is 7.30. The number of aliphatic hydroxyl groups is 1. The van der Waals surface area contributed by atoms with Gasteiger partial charge in [0.05, 0.1) is 24.2 Å². The average molecular weight is 263 g/mol. The zero-order valence-corrected chi connectivity index (χ0v) is 12.0. The van der Waals surface area contributed by atoms with Crippen molar-refractivity contribution in [3.8, 4) is 0 Å². The van der Waals surface area contributed by atoms with Crippen LogP contribution < -0.4 is 10.2 Å². The van der Waals surface area contributed by atoms with Crippen molar-refractivity contribution in [3.63, 3.8) is 0 Å². The summed E-state index contributed by atoms with van der Waals surface area (Å²) in [5.74, 6) is 0. The Morgan fingerprint density at radius 3 is 2.68 bits per heavy atom. The van der Waals surface area contributed by atoms with Gasteiger partial charge in [-0.3, -0.25) is 4.98 Å². The highest BCUT2D eigenvalue weighted by atomic mass is 16.3. The molecule has 2 rings (SSSR count). The van der Waals surface area contributed by atoms with Crippen LogP contribution in [0.2, 0.25) is 0 Å². The molecule has 1 aliphatic carbocycles. The topological polar surface area (TPSA) is 48.4 Å². The number of aromatic nitrogens is 1. The quantitative estimate of drug-likeness (QED) is 0.791. The molecule has 0 radical (unpaired) electrons. The van der Waals surface area contributed by atoms with Crippen LogP contribution in [-0.4, -0.2) is 36.3 Å². The van der Waals surface area contributed by atoms with E-state index in [1.807, 2.05) is 13.2 Å². The predicted molar refractivity (Wildman–Crippen MR) is 78.4 cm³/mol. The van der Waals surface area contributed by atoms with Gasteiger partial charge in [0.1, 0.15) is 0 Å². The van der Waals surface area contributed by atoms with Crippen molar-refractivity contribution >= 4 is 5.69 Å². The number of anilines is 1. The van der Waals surface area contributed by atoms with E-state index in [2.05, 4.69) is 34.3 Å². The van der Waals surface area contributed by atoms with Crippen molar-refractivity contribution in [1.29, 1.82) is 0 Å². The van der Waals surface area contributed by atoms with Crippen molar-refractivity contribution in [1.82, 2.24) is 10.3 Å². The lowest BCUT2D eigenvalue weighted by Gasteiger charge is -2.38. The van der Waals surface area contributed by atoms with E-state index in [0.717, 1.165) is 17.8 Å². The molecule has 0 bridgehead atoms. The summed E-state index contributed by atoms with van der Waals surface area (Å²) in [6.07, 6.45) is 6.75. The van der Waals surface area contributed by atoms with E-state index in [-0.39, 0.29) is 6.61 Å². The molecule has 0 aliphatic heterocycles. The molecule has 4 nitrogen and oxygen atoms in total. The third-order valence-corrected chi connectivity index (χ3v) is 4.07. The van der Waals surface area contributed by atoms with Gasteiger partial charge < -0.3 is 15.3 Å². The molecule has 1 atom stereocenters. The van der Waals surface area contributed by atoms with E-state index >= 15 is 0 Å². The Hall–Kier alpha value is -1.13. The second kappa shape index (κ2) is 6.87. The molecule has 2 N–H and O–H groups in total. The van der Waals surface area contributed by atoms with Crippen LogP contribution in [0.3, 0.4) is 0 Å². The Labute approximate surface area is 115 Å². The Kier molecular flexibility index (Phi) is 5.16. The van der Waals surface area contributed by atoms with Gasteiger partial charge in [-0.1, -0.05) is 6.92 Å². The lowest BCUT2D eigenvalue weighted by Crippen LogP contribution is -2.42. The number of rotatable bonds is 7. The Morgan fingerprint density at radius 2 is 2.26 bits per heavy atom. The maximum Gasteiger partial charge on any atom is 0.0606 e. The van der Waals surface area contributed by atoms with Gasteiger partial charge in [0.15, 0.2) is 0 Å². The van der Waals surface area contributed by atoms with Crippen LogP contribution in [0.4, 0.5) is 5.69 Å². The largest absolute Gasteiger partial charge is 0.395 e. The van der Waals surface area contributed by atoms with Crippen LogP contribution in [0.15, 0.2) is 18.3 Å². The van der Waals surface area contributed by atoms with E-state index in [1.54, 1.807) is 0 Å². The van der Waals surface area contributed by atoms with Gasteiger partial charge in [-0.2, -0.15) is 0 Å². The fourth-order valence-corrected chi connectivity index (χ4v) is 2.66. The van der Waals surface area contributed by atoms with Crippen LogP contribution in [0.25, 0.3) is 0 Å². The zero-order valence-electron chi connectivity index (χ0n) is 12.0. The summed E-state index contributed by atoms with van der Waals surface area (Å²) >= 11 is 0. The molecular formula is C15H25N3O. The second-order valence-corrected chi connectivity index (χ2v) is 5.19. The van der Waals surface area contributed by atoms with Crippen molar-refractivity contribution in [3.05, 3.63) is 24.0 Å². The molecule has 1 aromatic rings. The molecule has 1 saturated carbocycles. The van der Waals surface area contributed by atoms with E-state index in [1.165, 1.54) is 19.3 Å². The predicted octanol–water partition coefficient (Wildman–Crippen LogP) is 2.10. The monoisotopic (exact) mass is 263 g/mol. The highest BCUT2D eigenvalue weighted by Crippen LogP contribution is 2.29. The fourth-order valence-electron chi connectivity index (χ4n) is 2.66. The highest BCUT2D eigenvalue weighted by Gasteiger charge is 2.25. The molecule has 1 aromatic heterocycles. The third-order valence-electron chi connectivity index (χ3n) is 4.07. The van der Waals surface area contributed by atoms with E-state index in [0.29, 0.717) is 18.6 Å². The summed E-state index contributed by atoms with van der Waals surface area (Å²) < 4.78 is 0. The van der Waals surface area contributed by atoms with Gasteiger partial charge >= 0.3 is 0 Å².